The first-order valence-electron chi connectivity index (χ1n) is 8.14. The maximum Gasteiger partial charge on any atom is 0.189 e. The third-order valence-corrected chi connectivity index (χ3v) is 4.26. The van der Waals surface area contributed by atoms with Crippen molar-refractivity contribution in [3.8, 4) is 0 Å². The van der Waals surface area contributed by atoms with Crippen LogP contribution in [0.1, 0.15) is 33.1 Å². The summed E-state index contributed by atoms with van der Waals surface area (Å²) in [5.74, 6) is 0.0891. The molecular formula is C22H21NO. The molecule has 0 aliphatic carbocycles. The molecule has 0 heterocycles. The lowest BCUT2D eigenvalue weighted by Crippen LogP contribution is -2.22. The Balaban J connectivity index is 2.04. The molecule has 24 heavy (non-hydrogen) atoms. The van der Waals surface area contributed by atoms with Crippen LogP contribution in [0, 0.1) is 13.8 Å². The van der Waals surface area contributed by atoms with E-state index in [1.807, 2.05) is 92.7 Å². The fraction of sp³-hybridized carbons (Fsp3) is 0.136. The van der Waals surface area contributed by atoms with E-state index < -0.39 is 6.04 Å². The van der Waals surface area contributed by atoms with Gasteiger partial charge in [-0.25, -0.2) is 0 Å². The Kier molecular flexibility index (Phi) is 4.76. The Morgan fingerprint density at radius 2 is 1.33 bits per heavy atom. The highest BCUT2D eigenvalue weighted by Gasteiger charge is 2.24. The van der Waals surface area contributed by atoms with Gasteiger partial charge in [0.1, 0.15) is 6.04 Å². The second kappa shape index (κ2) is 7.14. The number of nitrogens with one attached hydrogen (secondary N) is 1. The molecule has 0 bridgehead atoms. The Hall–Kier alpha value is -2.87. The molecule has 1 atom stereocenters. The van der Waals surface area contributed by atoms with E-state index in [4.69, 9.17) is 0 Å². The van der Waals surface area contributed by atoms with Crippen molar-refractivity contribution in [2.45, 2.75) is 19.9 Å². The van der Waals surface area contributed by atoms with Gasteiger partial charge in [0.2, 0.25) is 0 Å². The Bertz CT molecular complexity index is 839. The van der Waals surface area contributed by atoms with Crippen LogP contribution >= 0.6 is 0 Å². The first-order valence-corrected chi connectivity index (χ1v) is 8.14. The Morgan fingerprint density at radius 3 is 2.00 bits per heavy atom. The summed E-state index contributed by atoms with van der Waals surface area (Å²) in [6.07, 6.45) is 0. The predicted molar refractivity (Wildman–Crippen MR) is 99.5 cm³/mol. The Labute approximate surface area is 143 Å². The predicted octanol–water partition coefficient (Wildman–Crippen LogP) is 5.34. The number of anilines is 1. The lowest BCUT2D eigenvalue weighted by atomic mass is 9.92. The molecule has 0 fully saturated rings. The van der Waals surface area contributed by atoms with E-state index in [2.05, 4.69) is 5.32 Å². The quantitative estimate of drug-likeness (QED) is 0.644. The molecule has 0 aliphatic heterocycles. The third-order valence-electron chi connectivity index (χ3n) is 4.26. The zero-order valence-corrected chi connectivity index (χ0v) is 14.0. The van der Waals surface area contributed by atoms with Crippen LogP contribution in [0.2, 0.25) is 0 Å². The molecule has 1 N–H and O–H groups in total. The molecule has 0 aliphatic rings. The number of aryl methyl sites for hydroxylation is 2. The number of hydrogen-bond donors (Lipinski definition) is 1. The van der Waals surface area contributed by atoms with Gasteiger partial charge in [-0.1, -0.05) is 66.7 Å². The summed E-state index contributed by atoms with van der Waals surface area (Å²) in [7, 11) is 0. The average molecular weight is 315 g/mol. The van der Waals surface area contributed by atoms with Crippen LogP contribution in [0.3, 0.4) is 0 Å². The van der Waals surface area contributed by atoms with Gasteiger partial charge in [-0.05, 0) is 42.7 Å². The van der Waals surface area contributed by atoms with Crippen molar-refractivity contribution in [1.29, 1.82) is 0 Å². The van der Waals surface area contributed by atoms with E-state index in [-0.39, 0.29) is 5.78 Å². The van der Waals surface area contributed by atoms with Crippen LogP contribution in [0.15, 0.2) is 78.9 Å². The summed E-state index contributed by atoms with van der Waals surface area (Å²) in [6.45, 7) is 4.02. The number of carbonyl (C=O) groups is 1. The van der Waals surface area contributed by atoms with Crippen LogP contribution in [-0.2, 0) is 0 Å². The molecule has 3 aromatic carbocycles. The van der Waals surface area contributed by atoms with Gasteiger partial charge in [0.15, 0.2) is 5.78 Å². The minimum atomic E-state index is -0.408. The van der Waals surface area contributed by atoms with E-state index in [1.165, 1.54) is 0 Å². The monoisotopic (exact) mass is 315 g/mol. The Morgan fingerprint density at radius 1 is 0.750 bits per heavy atom. The van der Waals surface area contributed by atoms with Gasteiger partial charge in [0.05, 0.1) is 0 Å². The molecule has 1 unspecified atom stereocenters. The van der Waals surface area contributed by atoms with E-state index in [0.29, 0.717) is 0 Å². The molecule has 2 heteroatoms. The van der Waals surface area contributed by atoms with Crippen molar-refractivity contribution in [3.63, 3.8) is 0 Å². The van der Waals surface area contributed by atoms with E-state index in [9.17, 15) is 4.79 Å². The zero-order chi connectivity index (χ0) is 16.9. The fourth-order valence-electron chi connectivity index (χ4n) is 2.90. The number of para-hydroxylation sites is 1. The van der Waals surface area contributed by atoms with Gasteiger partial charge in [0, 0.05) is 11.3 Å². The van der Waals surface area contributed by atoms with E-state index in [1.54, 1.807) is 0 Å². The van der Waals surface area contributed by atoms with Crippen LogP contribution in [0.4, 0.5) is 5.69 Å². The largest absolute Gasteiger partial charge is 0.371 e. The molecular weight excluding hydrogens is 294 g/mol. The van der Waals surface area contributed by atoms with Crippen LogP contribution in [-0.4, -0.2) is 5.78 Å². The van der Waals surface area contributed by atoms with E-state index in [0.717, 1.165) is 27.9 Å². The molecule has 0 amide bonds. The fourth-order valence-corrected chi connectivity index (χ4v) is 2.90. The number of carbonyl (C=O) groups excluding carboxylic acids is 1. The van der Waals surface area contributed by atoms with Gasteiger partial charge in [-0.2, -0.15) is 0 Å². The highest BCUT2D eigenvalue weighted by Crippen LogP contribution is 2.27. The summed E-state index contributed by atoms with van der Waals surface area (Å²) in [6, 6.07) is 25.2. The number of ketones is 1. The summed E-state index contributed by atoms with van der Waals surface area (Å²) in [4.78, 5) is 13.3. The van der Waals surface area contributed by atoms with Gasteiger partial charge >= 0.3 is 0 Å². The molecule has 0 spiro atoms. The summed E-state index contributed by atoms with van der Waals surface area (Å²) in [5, 5.41) is 3.41. The zero-order valence-electron chi connectivity index (χ0n) is 14.0. The molecule has 0 radical (unpaired) electrons. The topological polar surface area (TPSA) is 29.1 Å². The number of benzene rings is 3. The van der Waals surface area contributed by atoms with Crippen molar-refractivity contribution in [2.75, 3.05) is 5.32 Å². The molecule has 3 rings (SSSR count). The van der Waals surface area contributed by atoms with Crippen LogP contribution in [0.25, 0.3) is 0 Å². The normalized spacial score (nSPS) is 11.8. The van der Waals surface area contributed by atoms with E-state index >= 15 is 0 Å². The van der Waals surface area contributed by atoms with Crippen molar-refractivity contribution >= 4 is 11.5 Å². The molecule has 0 aromatic heterocycles. The third kappa shape index (κ3) is 3.38. The minimum absolute atomic E-state index is 0.0891. The lowest BCUT2D eigenvalue weighted by Gasteiger charge is -2.22. The van der Waals surface area contributed by atoms with Crippen LogP contribution in [0.5, 0.6) is 0 Å². The number of hydrogen-bond acceptors (Lipinski definition) is 2. The number of rotatable bonds is 5. The summed E-state index contributed by atoms with van der Waals surface area (Å²) < 4.78 is 0. The molecule has 0 saturated heterocycles. The van der Waals surface area contributed by atoms with Gasteiger partial charge in [-0.3, -0.25) is 4.79 Å². The molecule has 3 aromatic rings. The maximum atomic E-state index is 13.3. The maximum absolute atomic E-state index is 13.3. The lowest BCUT2D eigenvalue weighted by molar-refractivity contribution is 0.0968. The first kappa shape index (κ1) is 16.0. The standard InChI is InChI=1S/C22H21NO/c1-16-10-6-8-14-19(16)21(23-18-12-4-3-5-13-18)22(24)20-15-9-7-11-17(20)2/h3-15,21,23H,1-2H3. The average Bonchev–Trinajstić information content (AvgIpc) is 2.61. The van der Waals surface area contributed by atoms with Crippen molar-refractivity contribution in [3.05, 3.63) is 101 Å². The van der Waals surface area contributed by atoms with Gasteiger partial charge in [0.25, 0.3) is 0 Å². The van der Waals surface area contributed by atoms with Crippen molar-refractivity contribution < 1.29 is 4.79 Å². The highest BCUT2D eigenvalue weighted by molar-refractivity contribution is 6.03. The first-order chi connectivity index (χ1) is 11.7. The van der Waals surface area contributed by atoms with Crippen molar-refractivity contribution in [2.24, 2.45) is 0 Å². The summed E-state index contributed by atoms with van der Waals surface area (Å²) in [5.41, 5.74) is 4.81. The second-order valence-electron chi connectivity index (χ2n) is 5.98. The smallest absolute Gasteiger partial charge is 0.189 e. The van der Waals surface area contributed by atoms with Gasteiger partial charge in [-0.15, -0.1) is 0 Å². The van der Waals surface area contributed by atoms with Gasteiger partial charge < -0.3 is 5.32 Å². The SMILES string of the molecule is Cc1ccccc1C(=O)C(Nc1ccccc1)c1ccccc1C. The minimum Gasteiger partial charge on any atom is -0.371 e. The van der Waals surface area contributed by atoms with Crippen molar-refractivity contribution in [1.82, 2.24) is 0 Å². The molecule has 2 nitrogen and oxygen atoms in total. The molecule has 0 saturated carbocycles. The molecule has 120 valence electrons. The second-order valence-corrected chi connectivity index (χ2v) is 5.98. The van der Waals surface area contributed by atoms with Crippen LogP contribution < -0.4 is 5.32 Å². The highest BCUT2D eigenvalue weighted by atomic mass is 16.1. The summed E-state index contributed by atoms with van der Waals surface area (Å²) >= 11 is 0. The number of Topliss-reactive ketones (excluding diaryl/α,β-unsaturated/α-hetero) is 1.